The normalized spacial score (nSPS) is 10.5. The van der Waals surface area contributed by atoms with Gasteiger partial charge < -0.3 is 9.84 Å². The summed E-state index contributed by atoms with van der Waals surface area (Å²) in [6.45, 7) is 1.81. The van der Waals surface area contributed by atoms with E-state index in [9.17, 15) is 10.0 Å². The van der Waals surface area contributed by atoms with Gasteiger partial charge in [0, 0.05) is 16.4 Å². The fourth-order valence-electron chi connectivity index (χ4n) is 1.80. The highest BCUT2D eigenvalue weighted by Crippen LogP contribution is 2.25. The van der Waals surface area contributed by atoms with Crippen LogP contribution < -0.4 is 9.47 Å². The van der Waals surface area contributed by atoms with Crippen LogP contribution in [0.5, 0.6) is 5.75 Å². The second kappa shape index (κ2) is 3.93. The maximum Gasteiger partial charge on any atom is 0.335 e. The number of benzene rings is 1. The number of aromatic nitrogens is 1. The van der Waals surface area contributed by atoms with E-state index in [1.165, 1.54) is 25.4 Å². The Labute approximate surface area is 97.5 Å². The van der Waals surface area contributed by atoms with Gasteiger partial charge in [0.25, 0.3) is 0 Å². The van der Waals surface area contributed by atoms with Crippen molar-refractivity contribution in [1.29, 1.82) is 0 Å². The SMILES string of the molecule is COc1cc(C(=O)O)cc2cc(C)c[n+](O)c12. The summed E-state index contributed by atoms with van der Waals surface area (Å²) in [5.41, 5.74) is 1.40. The van der Waals surface area contributed by atoms with E-state index in [4.69, 9.17) is 9.84 Å². The molecule has 0 aliphatic heterocycles. The number of nitrogens with zero attached hydrogens (tertiary/aromatic N) is 1. The van der Waals surface area contributed by atoms with E-state index in [2.05, 4.69) is 0 Å². The zero-order chi connectivity index (χ0) is 12.6. The maximum absolute atomic E-state index is 11.0. The molecule has 88 valence electrons. The fraction of sp³-hybridized carbons (Fsp3) is 0.167. The maximum atomic E-state index is 11.0. The summed E-state index contributed by atoms with van der Waals surface area (Å²) >= 11 is 0. The van der Waals surface area contributed by atoms with E-state index in [0.29, 0.717) is 16.7 Å². The third-order valence-electron chi connectivity index (χ3n) is 2.51. The number of hydrogen-bond donors (Lipinski definition) is 2. The van der Waals surface area contributed by atoms with Crippen molar-refractivity contribution in [3.8, 4) is 5.75 Å². The molecule has 0 aliphatic carbocycles. The molecule has 0 saturated heterocycles. The Morgan fingerprint density at radius 2 is 2.06 bits per heavy atom. The predicted molar refractivity (Wildman–Crippen MR) is 59.6 cm³/mol. The number of carbonyl (C=O) groups is 1. The van der Waals surface area contributed by atoms with Crippen molar-refractivity contribution in [3.05, 3.63) is 35.5 Å². The van der Waals surface area contributed by atoms with Crippen LogP contribution >= 0.6 is 0 Å². The predicted octanol–water partition coefficient (Wildman–Crippen LogP) is 1.38. The highest BCUT2D eigenvalue weighted by atomic mass is 16.5. The summed E-state index contributed by atoms with van der Waals surface area (Å²) in [4.78, 5) is 11.0. The minimum Gasteiger partial charge on any atom is -0.490 e. The highest BCUT2D eigenvalue weighted by Gasteiger charge is 2.19. The van der Waals surface area contributed by atoms with Crippen LogP contribution in [0, 0.1) is 6.92 Å². The topological polar surface area (TPSA) is 70.6 Å². The van der Waals surface area contributed by atoms with E-state index in [1.807, 2.05) is 6.92 Å². The molecule has 2 N–H and O–H groups in total. The van der Waals surface area contributed by atoms with Crippen molar-refractivity contribution < 1.29 is 24.6 Å². The van der Waals surface area contributed by atoms with Crippen molar-refractivity contribution in [2.45, 2.75) is 6.92 Å². The largest absolute Gasteiger partial charge is 0.490 e. The summed E-state index contributed by atoms with van der Waals surface area (Å²) in [7, 11) is 1.43. The molecule has 0 bridgehead atoms. The van der Waals surface area contributed by atoms with Crippen molar-refractivity contribution in [1.82, 2.24) is 0 Å². The minimum absolute atomic E-state index is 0.125. The smallest absolute Gasteiger partial charge is 0.335 e. The standard InChI is InChI=1S/C12H11NO4/c1-7-3-8-4-9(12(14)15)5-10(17-2)11(8)13(16)6-7/h3-6H,1-2H3,(H-,14,15,16)/p+1. The van der Waals surface area contributed by atoms with Gasteiger partial charge in [-0.05, 0) is 19.1 Å². The summed E-state index contributed by atoms with van der Waals surface area (Å²) in [6, 6.07) is 4.67. The average Bonchev–Trinajstić information content (AvgIpc) is 2.26. The Morgan fingerprint density at radius 3 is 2.65 bits per heavy atom. The van der Waals surface area contributed by atoms with Crippen LogP contribution in [-0.2, 0) is 0 Å². The van der Waals surface area contributed by atoms with Crippen LogP contribution in [0.15, 0.2) is 24.4 Å². The van der Waals surface area contributed by atoms with Crippen LogP contribution in [0.1, 0.15) is 15.9 Å². The summed E-state index contributed by atoms with van der Waals surface area (Å²) < 4.78 is 6.03. The molecule has 0 unspecified atom stereocenters. The van der Waals surface area contributed by atoms with Crippen molar-refractivity contribution in [2.24, 2.45) is 0 Å². The van der Waals surface area contributed by atoms with Gasteiger partial charge in [0.15, 0.2) is 5.75 Å². The van der Waals surface area contributed by atoms with Gasteiger partial charge in [0.2, 0.25) is 6.20 Å². The Balaban J connectivity index is 2.87. The third-order valence-corrected chi connectivity index (χ3v) is 2.51. The number of pyridine rings is 1. The lowest BCUT2D eigenvalue weighted by Gasteiger charge is -2.04. The molecule has 2 aromatic rings. The van der Waals surface area contributed by atoms with Gasteiger partial charge in [-0.3, -0.25) is 5.21 Å². The number of aryl methyl sites for hydroxylation is 1. The Morgan fingerprint density at radius 1 is 1.35 bits per heavy atom. The van der Waals surface area contributed by atoms with E-state index in [0.717, 1.165) is 10.3 Å². The molecule has 1 heterocycles. The van der Waals surface area contributed by atoms with Gasteiger partial charge in [-0.1, -0.05) is 0 Å². The molecule has 0 radical (unpaired) electrons. The van der Waals surface area contributed by atoms with Gasteiger partial charge >= 0.3 is 11.5 Å². The van der Waals surface area contributed by atoms with E-state index in [1.54, 1.807) is 6.07 Å². The number of methoxy groups -OCH3 is 1. The van der Waals surface area contributed by atoms with Crippen LogP contribution in [0.25, 0.3) is 10.9 Å². The zero-order valence-electron chi connectivity index (χ0n) is 9.47. The number of aromatic carboxylic acids is 1. The van der Waals surface area contributed by atoms with E-state index >= 15 is 0 Å². The molecule has 0 spiro atoms. The molecule has 1 aromatic heterocycles. The first-order valence-electron chi connectivity index (χ1n) is 4.99. The summed E-state index contributed by atoms with van der Waals surface area (Å²) in [5, 5.41) is 19.4. The molecule has 5 nitrogen and oxygen atoms in total. The van der Waals surface area contributed by atoms with Crippen LogP contribution in [0.3, 0.4) is 0 Å². The molecule has 2 rings (SSSR count). The Bertz CT molecular complexity index is 607. The van der Waals surface area contributed by atoms with Gasteiger partial charge in [0.1, 0.15) is 0 Å². The van der Waals surface area contributed by atoms with Gasteiger partial charge in [-0.2, -0.15) is 0 Å². The quantitative estimate of drug-likeness (QED) is 0.608. The lowest BCUT2D eigenvalue weighted by molar-refractivity contribution is -0.884. The summed E-state index contributed by atoms with van der Waals surface area (Å²) in [6.07, 6.45) is 1.53. The first-order valence-corrected chi connectivity index (χ1v) is 4.99. The van der Waals surface area contributed by atoms with Gasteiger partial charge in [0.05, 0.1) is 18.1 Å². The molecule has 0 saturated carbocycles. The molecule has 5 heteroatoms. The lowest BCUT2D eigenvalue weighted by Crippen LogP contribution is -2.31. The number of hydrogen-bond acceptors (Lipinski definition) is 3. The monoisotopic (exact) mass is 234 g/mol. The lowest BCUT2D eigenvalue weighted by atomic mass is 10.1. The van der Waals surface area contributed by atoms with Gasteiger partial charge in [-0.15, -0.1) is 0 Å². The average molecular weight is 234 g/mol. The number of ether oxygens (including phenoxy) is 1. The Hall–Kier alpha value is -2.30. The first-order chi connectivity index (χ1) is 8.02. The first kappa shape index (κ1) is 11.2. The molecule has 0 aliphatic rings. The van der Waals surface area contributed by atoms with Crippen LogP contribution in [-0.4, -0.2) is 23.4 Å². The fourth-order valence-corrected chi connectivity index (χ4v) is 1.80. The number of rotatable bonds is 2. The van der Waals surface area contributed by atoms with Crippen molar-refractivity contribution in [3.63, 3.8) is 0 Å². The number of carboxylic acid groups (broad SMARTS) is 1. The van der Waals surface area contributed by atoms with E-state index < -0.39 is 5.97 Å². The molecular weight excluding hydrogens is 222 g/mol. The van der Waals surface area contributed by atoms with E-state index in [-0.39, 0.29) is 5.56 Å². The van der Waals surface area contributed by atoms with Crippen LogP contribution in [0.2, 0.25) is 0 Å². The number of fused-ring (bicyclic) bond motifs is 1. The minimum atomic E-state index is -1.03. The van der Waals surface area contributed by atoms with Crippen molar-refractivity contribution in [2.75, 3.05) is 7.11 Å². The third kappa shape index (κ3) is 1.87. The van der Waals surface area contributed by atoms with Gasteiger partial charge in [-0.25, -0.2) is 4.79 Å². The molecule has 0 amide bonds. The summed E-state index contributed by atoms with van der Waals surface area (Å²) in [5.74, 6) is -0.710. The second-order valence-electron chi connectivity index (χ2n) is 3.78. The zero-order valence-corrected chi connectivity index (χ0v) is 9.47. The molecule has 17 heavy (non-hydrogen) atoms. The molecule has 0 fully saturated rings. The second-order valence-corrected chi connectivity index (χ2v) is 3.78. The number of carboxylic acids is 1. The van der Waals surface area contributed by atoms with Crippen LogP contribution in [0.4, 0.5) is 0 Å². The van der Waals surface area contributed by atoms with Crippen molar-refractivity contribution >= 4 is 16.9 Å². The highest BCUT2D eigenvalue weighted by molar-refractivity contribution is 5.95. The molecular formula is C12H12NO4+. The molecule has 1 aromatic carbocycles. The Kier molecular flexibility index (Phi) is 2.59. The molecule has 0 atom stereocenters.